The van der Waals surface area contributed by atoms with Crippen molar-refractivity contribution in [2.24, 2.45) is 0 Å². The van der Waals surface area contributed by atoms with Crippen LogP contribution in [0.15, 0.2) is 24.3 Å². The first-order valence-electron chi connectivity index (χ1n) is 7.58. The first kappa shape index (κ1) is 15.2. The Bertz CT molecular complexity index is 658. The van der Waals surface area contributed by atoms with Gasteiger partial charge in [0.2, 0.25) is 0 Å². The zero-order valence-corrected chi connectivity index (χ0v) is 13.7. The van der Waals surface area contributed by atoms with Gasteiger partial charge < -0.3 is 10.1 Å². The van der Waals surface area contributed by atoms with Crippen molar-refractivity contribution in [3.8, 4) is 10.6 Å². The molecule has 1 aromatic carbocycles. The summed E-state index contributed by atoms with van der Waals surface area (Å²) in [6, 6.07) is 8.20. The van der Waals surface area contributed by atoms with E-state index in [2.05, 4.69) is 29.4 Å². The molecule has 1 amide bonds. The van der Waals surface area contributed by atoms with Gasteiger partial charge in [-0.05, 0) is 26.7 Å². The van der Waals surface area contributed by atoms with Crippen LogP contribution in [-0.2, 0) is 4.74 Å². The summed E-state index contributed by atoms with van der Waals surface area (Å²) in [7, 11) is 0. The summed E-state index contributed by atoms with van der Waals surface area (Å²) in [6.45, 7) is 5.32. The molecule has 0 bridgehead atoms. The molecular weight excluding hydrogens is 296 g/mol. The van der Waals surface area contributed by atoms with Crippen molar-refractivity contribution in [3.05, 3.63) is 40.4 Å². The van der Waals surface area contributed by atoms with Crippen LogP contribution in [0, 0.1) is 13.8 Å². The Morgan fingerprint density at radius 2 is 2.14 bits per heavy atom. The number of benzene rings is 1. The molecule has 1 atom stereocenters. The van der Waals surface area contributed by atoms with Gasteiger partial charge in [0.15, 0.2) is 0 Å². The van der Waals surface area contributed by atoms with E-state index in [9.17, 15) is 4.79 Å². The average molecular weight is 316 g/mol. The average Bonchev–Trinajstić information content (AvgIpc) is 3.15. The Labute approximate surface area is 134 Å². The second kappa shape index (κ2) is 6.58. The molecular formula is C17H20N2O2S. The van der Waals surface area contributed by atoms with Gasteiger partial charge in [0.25, 0.3) is 5.91 Å². The number of ether oxygens (including phenoxy) is 1. The highest BCUT2D eigenvalue weighted by atomic mass is 32.1. The van der Waals surface area contributed by atoms with Crippen molar-refractivity contribution < 1.29 is 9.53 Å². The van der Waals surface area contributed by atoms with Crippen LogP contribution in [0.4, 0.5) is 0 Å². The Balaban J connectivity index is 1.71. The fourth-order valence-electron chi connectivity index (χ4n) is 2.52. The van der Waals surface area contributed by atoms with Crippen molar-refractivity contribution >= 4 is 17.2 Å². The van der Waals surface area contributed by atoms with E-state index in [-0.39, 0.29) is 12.0 Å². The van der Waals surface area contributed by atoms with Gasteiger partial charge in [0, 0.05) is 18.7 Å². The van der Waals surface area contributed by atoms with Crippen molar-refractivity contribution in [2.75, 3.05) is 13.2 Å². The van der Waals surface area contributed by atoms with Crippen molar-refractivity contribution in [1.29, 1.82) is 0 Å². The summed E-state index contributed by atoms with van der Waals surface area (Å²) in [4.78, 5) is 17.6. The summed E-state index contributed by atoms with van der Waals surface area (Å²) in [5, 5.41) is 3.85. The third-order valence-corrected chi connectivity index (χ3v) is 5.02. The van der Waals surface area contributed by atoms with E-state index in [0.29, 0.717) is 11.4 Å². The van der Waals surface area contributed by atoms with Gasteiger partial charge in [0.05, 0.1) is 11.8 Å². The lowest BCUT2D eigenvalue weighted by atomic mass is 10.2. The fraction of sp³-hybridized carbons (Fsp3) is 0.412. The topological polar surface area (TPSA) is 51.2 Å². The molecule has 22 heavy (non-hydrogen) atoms. The van der Waals surface area contributed by atoms with Crippen LogP contribution in [0.3, 0.4) is 0 Å². The minimum atomic E-state index is -0.0520. The lowest BCUT2D eigenvalue weighted by Crippen LogP contribution is -2.31. The van der Waals surface area contributed by atoms with Gasteiger partial charge in [-0.1, -0.05) is 29.8 Å². The minimum absolute atomic E-state index is 0.0520. The van der Waals surface area contributed by atoms with Crippen LogP contribution >= 0.6 is 11.3 Å². The number of hydrogen-bond donors (Lipinski definition) is 1. The molecule has 0 saturated carbocycles. The quantitative estimate of drug-likeness (QED) is 0.941. The van der Waals surface area contributed by atoms with Crippen LogP contribution < -0.4 is 5.32 Å². The van der Waals surface area contributed by atoms with E-state index in [1.165, 1.54) is 16.9 Å². The molecule has 2 aromatic rings. The Morgan fingerprint density at radius 3 is 2.82 bits per heavy atom. The molecule has 1 aromatic heterocycles. The van der Waals surface area contributed by atoms with Gasteiger partial charge in [-0.25, -0.2) is 4.98 Å². The van der Waals surface area contributed by atoms with E-state index in [4.69, 9.17) is 4.74 Å². The number of aryl methyl sites for hydroxylation is 2. The number of amides is 1. The highest BCUT2D eigenvalue weighted by Gasteiger charge is 2.19. The molecule has 1 N–H and O–H groups in total. The molecule has 1 aliphatic rings. The minimum Gasteiger partial charge on any atom is -0.376 e. The number of nitrogens with one attached hydrogen (secondary N) is 1. The summed E-state index contributed by atoms with van der Waals surface area (Å²) in [6.07, 6.45) is 2.27. The molecule has 2 heterocycles. The lowest BCUT2D eigenvalue weighted by molar-refractivity contribution is 0.0860. The number of carbonyl (C=O) groups is 1. The molecule has 3 rings (SSSR count). The normalized spacial score (nSPS) is 17.6. The zero-order valence-electron chi connectivity index (χ0n) is 12.9. The fourth-order valence-corrected chi connectivity index (χ4v) is 3.51. The van der Waals surface area contributed by atoms with E-state index >= 15 is 0 Å². The molecule has 1 saturated heterocycles. The maximum absolute atomic E-state index is 12.3. The Morgan fingerprint density at radius 1 is 1.36 bits per heavy atom. The van der Waals surface area contributed by atoms with Crippen molar-refractivity contribution in [1.82, 2.24) is 10.3 Å². The van der Waals surface area contributed by atoms with Crippen molar-refractivity contribution in [2.45, 2.75) is 32.8 Å². The molecule has 1 fully saturated rings. The molecule has 0 aliphatic carbocycles. The van der Waals surface area contributed by atoms with Crippen LogP contribution in [0.25, 0.3) is 10.6 Å². The van der Waals surface area contributed by atoms with Crippen LogP contribution in [-0.4, -0.2) is 30.1 Å². The summed E-state index contributed by atoms with van der Waals surface area (Å²) >= 11 is 1.45. The molecule has 1 aliphatic heterocycles. The lowest BCUT2D eigenvalue weighted by Gasteiger charge is -2.09. The number of nitrogens with zero attached hydrogens (tertiary/aromatic N) is 1. The van der Waals surface area contributed by atoms with Gasteiger partial charge in [-0.2, -0.15) is 0 Å². The summed E-state index contributed by atoms with van der Waals surface area (Å²) in [5.41, 5.74) is 3.05. The standard InChI is InChI=1S/C17H20N2O2S/c1-11-5-7-13(8-6-11)17-19-12(2)15(22-17)16(20)18-10-14-4-3-9-21-14/h5-8,14H,3-4,9-10H2,1-2H3,(H,18,20)/t14-/m0/s1. The third kappa shape index (κ3) is 3.36. The number of rotatable bonds is 4. The van der Waals surface area contributed by atoms with E-state index in [1.54, 1.807) is 0 Å². The zero-order chi connectivity index (χ0) is 15.5. The first-order chi connectivity index (χ1) is 10.6. The van der Waals surface area contributed by atoms with E-state index in [1.807, 2.05) is 19.1 Å². The largest absolute Gasteiger partial charge is 0.376 e. The molecule has 0 spiro atoms. The second-order valence-corrected chi connectivity index (χ2v) is 6.64. The number of aromatic nitrogens is 1. The first-order valence-corrected chi connectivity index (χ1v) is 8.39. The maximum Gasteiger partial charge on any atom is 0.263 e. The van der Waals surface area contributed by atoms with E-state index in [0.717, 1.165) is 35.7 Å². The predicted octanol–water partition coefficient (Wildman–Crippen LogP) is 3.34. The molecule has 5 heteroatoms. The van der Waals surface area contributed by atoms with E-state index < -0.39 is 0 Å². The third-order valence-electron chi connectivity index (χ3n) is 3.82. The summed E-state index contributed by atoms with van der Waals surface area (Å²) < 4.78 is 5.53. The Kier molecular flexibility index (Phi) is 4.55. The molecule has 0 unspecified atom stereocenters. The van der Waals surface area contributed by atoms with Gasteiger partial charge in [-0.15, -0.1) is 11.3 Å². The number of thiazole rings is 1. The van der Waals surface area contributed by atoms with Gasteiger partial charge in [-0.3, -0.25) is 4.79 Å². The van der Waals surface area contributed by atoms with Crippen LogP contribution in [0.5, 0.6) is 0 Å². The van der Waals surface area contributed by atoms with Gasteiger partial charge >= 0.3 is 0 Å². The smallest absolute Gasteiger partial charge is 0.263 e. The molecule has 4 nitrogen and oxygen atoms in total. The number of carbonyl (C=O) groups excluding carboxylic acids is 1. The highest BCUT2D eigenvalue weighted by Crippen LogP contribution is 2.28. The van der Waals surface area contributed by atoms with Gasteiger partial charge in [0.1, 0.15) is 9.88 Å². The van der Waals surface area contributed by atoms with Crippen LogP contribution in [0.2, 0.25) is 0 Å². The highest BCUT2D eigenvalue weighted by molar-refractivity contribution is 7.17. The monoisotopic (exact) mass is 316 g/mol. The summed E-state index contributed by atoms with van der Waals surface area (Å²) in [5.74, 6) is -0.0520. The molecule has 0 radical (unpaired) electrons. The SMILES string of the molecule is Cc1ccc(-c2nc(C)c(C(=O)NC[C@@H]3CCCO3)s2)cc1. The second-order valence-electron chi connectivity index (χ2n) is 5.64. The Hall–Kier alpha value is -1.72. The predicted molar refractivity (Wildman–Crippen MR) is 88.3 cm³/mol. The molecule has 116 valence electrons. The maximum atomic E-state index is 12.3. The van der Waals surface area contributed by atoms with Crippen LogP contribution in [0.1, 0.15) is 33.8 Å². The number of hydrogen-bond acceptors (Lipinski definition) is 4. The van der Waals surface area contributed by atoms with Crippen molar-refractivity contribution in [3.63, 3.8) is 0 Å².